The second-order valence-electron chi connectivity index (χ2n) is 10.8. The van der Waals surface area contributed by atoms with Gasteiger partial charge in [-0.3, -0.25) is 14.3 Å². The summed E-state index contributed by atoms with van der Waals surface area (Å²) in [6.07, 6.45) is 3.14. The molecule has 39 heavy (non-hydrogen) atoms. The summed E-state index contributed by atoms with van der Waals surface area (Å²) in [7, 11) is -3.87. The molecule has 2 aromatic heterocycles. The van der Waals surface area contributed by atoms with Crippen molar-refractivity contribution >= 4 is 38.4 Å². The van der Waals surface area contributed by atoms with Crippen LogP contribution in [-0.2, 0) is 36.4 Å². The SMILES string of the molecule is CC(C)(C)OC(=O)CN1Cc2cc(Nc3nn(C4(CC#N)CCCOC4)c4cc[nH]c(=O)c34)ccc2S1(=O)=O. The molecular formula is C26H30N6O6S. The number of rotatable bonds is 6. The molecule has 1 atom stereocenters. The van der Waals surface area contributed by atoms with Gasteiger partial charge in [-0.2, -0.15) is 14.7 Å². The number of esters is 1. The van der Waals surface area contributed by atoms with Crippen LogP contribution in [0.2, 0.25) is 0 Å². The van der Waals surface area contributed by atoms with Gasteiger partial charge in [-0.1, -0.05) is 0 Å². The number of fused-ring (bicyclic) bond motifs is 2. The number of ether oxygens (including phenoxy) is 2. The Morgan fingerprint density at radius 2 is 2.13 bits per heavy atom. The Hall–Kier alpha value is -3.73. The van der Waals surface area contributed by atoms with Gasteiger partial charge in [0.2, 0.25) is 10.0 Å². The van der Waals surface area contributed by atoms with Crippen LogP contribution in [0.3, 0.4) is 0 Å². The molecule has 1 fully saturated rings. The summed E-state index contributed by atoms with van der Waals surface area (Å²) in [5, 5.41) is 17.8. The van der Waals surface area contributed by atoms with Crippen molar-refractivity contribution in [2.45, 2.75) is 62.6 Å². The Balaban J connectivity index is 1.48. The Morgan fingerprint density at radius 3 is 2.82 bits per heavy atom. The third-order valence-corrected chi connectivity index (χ3v) is 8.67. The van der Waals surface area contributed by atoms with Crippen molar-refractivity contribution < 1.29 is 22.7 Å². The van der Waals surface area contributed by atoms with Crippen LogP contribution in [0.25, 0.3) is 10.9 Å². The van der Waals surface area contributed by atoms with E-state index in [1.54, 1.807) is 43.7 Å². The number of hydrogen-bond acceptors (Lipinski definition) is 9. The van der Waals surface area contributed by atoms with E-state index < -0.39 is 33.7 Å². The van der Waals surface area contributed by atoms with Crippen molar-refractivity contribution in [3.63, 3.8) is 0 Å². The Bertz CT molecular complexity index is 1640. The summed E-state index contributed by atoms with van der Waals surface area (Å²) in [5.41, 5.74) is -0.210. The van der Waals surface area contributed by atoms with Crippen molar-refractivity contribution in [2.24, 2.45) is 0 Å². The summed E-state index contributed by atoms with van der Waals surface area (Å²) in [6, 6.07) is 8.70. The molecule has 13 heteroatoms. The molecule has 1 unspecified atom stereocenters. The van der Waals surface area contributed by atoms with Crippen LogP contribution in [-0.4, -0.2) is 58.8 Å². The fourth-order valence-corrected chi connectivity index (χ4v) is 6.69. The van der Waals surface area contributed by atoms with Gasteiger partial charge in [-0.05, 0) is 63.4 Å². The van der Waals surface area contributed by atoms with E-state index in [9.17, 15) is 23.3 Å². The minimum Gasteiger partial charge on any atom is -0.459 e. The number of nitrogens with one attached hydrogen (secondary N) is 2. The normalized spacial score (nSPS) is 20.9. The minimum atomic E-state index is -3.87. The number of aromatic amines is 1. The molecule has 206 valence electrons. The molecule has 12 nitrogen and oxygen atoms in total. The number of carbonyl (C=O) groups is 1. The summed E-state index contributed by atoms with van der Waals surface area (Å²) in [4.78, 5) is 28.0. The van der Waals surface area contributed by atoms with Crippen LogP contribution in [0.4, 0.5) is 11.5 Å². The summed E-state index contributed by atoms with van der Waals surface area (Å²) >= 11 is 0. The molecule has 0 radical (unpaired) electrons. The van der Waals surface area contributed by atoms with Crippen molar-refractivity contribution in [1.82, 2.24) is 19.1 Å². The predicted octanol–water partition coefficient (Wildman–Crippen LogP) is 2.73. The monoisotopic (exact) mass is 554 g/mol. The number of benzene rings is 1. The van der Waals surface area contributed by atoms with E-state index in [-0.39, 0.29) is 29.2 Å². The van der Waals surface area contributed by atoms with Gasteiger partial charge >= 0.3 is 5.97 Å². The topological polar surface area (TPSA) is 159 Å². The molecule has 1 saturated heterocycles. The maximum absolute atomic E-state index is 13.0. The van der Waals surface area contributed by atoms with E-state index in [1.807, 2.05) is 0 Å². The molecule has 5 rings (SSSR count). The molecule has 0 saturated carbocycles. The second kappa shape index (κ2) is 9.78. The molecule has 0 bridgehead atoms. The third kappa shape index (κ3) is 5.03. The fourth-order valence-electron chi connectivity index (χ4n) is 5.13. The lowest BCUT2D eigenvalue weighted by Crippen LogP contribution is -2.42. The second-order valence-corrected chi connectivity index (χ2v) is 12.8. The summed E-state index contributed by atoms with van der Waals surface area (Å²) in [5.74, 6) is -0.354. The molecule has 2 aliphatic heterocycles. The van der Waals surface area contributed by atoms with Crippen molar-refractivity contribution in [3.8, 4) is 6.07 Å². The highest BCUT2D eigenvalue weighted by molar-refractivity contribution is 7.89. The lowest BCUT2D eigenvalue weighted by molar-refractivity contribution is -0.155. The highest BCUT2D eigenvalue weighted by atomic mass is 32.2. The number of sulfonamides is 1. The van der Waals surface area contributed by atoms with E-state index in [0.29, 0.717) is 41.8 Å². The van der Waals surface area contributed by atoms with Gasteiger partial charge in [0.1, 0.15) is 17.5 Å². The van der Waals surface area contributed by atoms with Crippen LogP contribution in [0.5, 0.6) is 0 Å². The minimum absolute atomic E-state index is 0.00478. The van der Waals surface area contributed by atoms with Crippen LogP contribution in [0, 0.1) is 11.3 Å². The van der Waals surface area contributed by atoms with E-state index in [4.69, 9.17) is 14.6 Å². The van der Waals surface area contributed by atoms with Gasteiger partial charge in [0, 0.05) is 25.0 Å². The smallest absolute Gasteiger partial charge is 0.321 e. The van der Waals surface area contributed by atoms with Crippen LogP contribution < -0.4 is 10.9 Å². The van der Waals surface area contributed by atoms with E-state index in [1.165, 1.54) is 12.3 Å². The Kier molecular flexibility index (Phi) is 6.74. The predicted molar refractivity (Wildman–Crippen MR) is 142 cm³/mol. The van der Waals surface area contributed by atoms with Crippen molar-refractivity contribution in [3.05, 3.63) is 46.4 Å². The number of pyridine rings is 1. The first kappa shape index (κ1) is 26.9. The van der Waals surface area contributed by atoms with Gasteiger partial charge in [-0.15, -0.1) is 0 Å². The van der Waals surface area contributed by atoms with Crippen LogP contribution in [0.1, 0.15) is 45.6 Å². The zero-order valence-corrected chi connectivity index (χ0v) is 22.8. The molecular weight excluding hydrogens is 524 g/mol. The molecule has 4 heterocycles. The summed E-state index contributed by atoms with van der Waals surface area (Å²) in [6.45, 7) is 5.66. The Morgan fingerprint density at radius 1 is 1.33 bits per heavy atom. The third-order valence-electron chi connectivity index (χ3n) is 6.78. The van der Waals surface area contributed by atoms with Gasteiger partial charge in [0.25, 0.3) is 5.56 Å². The maximum Gasteiger partial charge on any atom is 0.321 e. The van der Waals surface area contributed by atoms with Crippen LogP contribution in [0.15, 0.2) is 40.2 Å². The molecule has 1 aromatic carbocycles. The average Bonchev–Trinajstić information content (AvgIpc) is 3.34. The van der Waals surface area contributed by atoms with Gasteiger partial charge < -0.3 is 19.8 Å². The van der Waals surface area contributed by atoms with Crippen LogP contribution >= 0.6 is 0 Å². The number of anilines is 2. The maximum atomic E-state index is 13.0. The lowest BCUT2D eigenvalue weighted by Gasteiger charge is -2.35. The van der Waals surface area contributed by atoms with Gasteiger partial charge in [0.05, 0.1) is 35.0 Å². The first-order valence-electron chi connectivity index (χ1n) is 12.6. The molecule has 0 amide bonds. The molecule has 0 spiro atoms. The molecule has 0 aliphatic carbocycles. The van der Waals surface area contributed by atoms with Crippen molar-refractivity contribution in [1.29, 1.82) is 5.26 Å². The highest BCUT2D eigenvalue weighted by Crippen LogP contribution is 2.37. The molecule has 2 N–H and O–H groups in total. The van der Waals surface area contributed by atoms with E-state index >= 15 is 0 Å². The fraction of sp³-hybridized carbons (Fsp3) is 0.462. The molecule has 3 aromatic rings. The first-order valence-corrected chi connectivity index (χ1v) is 14.1. The number of aromatic nitrogens is 3. The first-order chi connectivity index (χ1) is 18.4. The number of nitriles is 1. The average molecular weight is 555 g/mol. The Labute approximate surface area is 225 Å². The van der Waals surface area contributed by atoms with Gasteiger partial charge in [0.15, 0.2) is 5.82 Å². The highest BCUT2D eigenvalue weighted by Gasteiger charge is 2.39. The number of H-pyrrole nitrogens is 1. The largest absolute Gasteiger partial charge is 0.459 e. The zero-order chi connectivity index (χ0) is 28.0. The van der Waals surface area contributed by atoms with Crippen molar-refractivity contribution in [2.75, 3.05) is 25.1 Å². The molecule has 2 aliphatic rings. The van der Waals surface area contributed by atoms with Gasteiger partial charge in [-0.25, -0.2) is 8.42 Å². The number of nitrogens with zero attached hydrogens (tertiary/aromatic N) is 4. The van der Waals surface area contributed by atoms with E-state index in [2.05, 4.69) is 16.4 Å². The quantitative estimate of drug-likeness (QED) is 0.437. The zero-order valence-electron chi connectivity index (χ0n) is 22.0. The number of carbonyl (C=O) groups excluding carboxylic acids is 1. The lowest BCUT2D eigenvalue weighted by atomic mass is 9.89. The summed E-state index contributed by atoms with van der Waals surface area (Å²) < 4.78 is 39.9. The van der Waals surface area contributed by atoms with E-state index in [0.717, 1.165) is 10.7 Å². The standard InChI is InChI=1S/C26H30N6O6S/c1-25(2,3)38-21(33)15-31-14-17-13-18(5-6-20(17)39(31,35)36)29-23-22-19(7-11-28-24(22)34)32(30-23)26(9-10-27)8-4-12-37-16-26/h5-7,11,13H,4,8-9,12,14-16H2,1-3H3,(H,28,34)(H,29,30). The number of hydrogen-bond donors (Lipinski definition) is 2.